The van der Waals surface area contributed by atoms with Gasteiger partial charge in [0.05, 0.1) is 18.4 Å². The number of carbonyl (C=O) groups excluding carboxylic acids is 1. The number of nitrogens with one attached hydrogen (secondary N) is 1. The summed E-state index contributed by atoms with van der Waals surface area (Å²) in [4.78, 5) is 16.2. The van der Waals surface area contributed by atoms with E-state index in [1.165, 1.54) is 10.6 Å². The van der Waals surface area contributed by atoms with E-state index in [2.05, 4.69) is 10.3 Å². The number of hydrogen-bond donors (Lipinski definition) is 1. The van der Waals surface area contributed by atoms with Crippen molar-refractivity contribution in [2.45, 2.75) is 43.9 Å². The van der Waals surface area contributed by atoms with Crippen LogP contribution in [0.5, 0.6) is 0 Å². The van der Waals surface area contributed by atoms with Gasteiger partial charge in [-0.2, -0.15) is 4.31 Å². The number of amides is 1. The van der Waals surface area contributed by atoms with E-state index in [0.29, 0.717) is 32.4 Å². The third-order valence-corrected chi connectivity index (χ3v) is 5.98. The van der Waals surface area contributed by atoms with Crippen LogP contribution in [-0.2, 0) is 26.0 Å². The number of aromatic nitrogens is 1. The van der Waals surface area contributed by atoms with Gasteiger partial charge < -0.3 is 10.1 Å². The summed E-state index contributed by atoms with van der Waals surface area (Å²) in [6.45, 7) is 1.02. The van der Waals surface area contributed by atoms with Crippen LogP contribution >= 0.6 is 0 Å². The normalized spacial score (nSPS) is 27.6. The van der Waals surface area contributed by atoms with Gasteiger partial charge in [0.2, 0.25) is 15.9 Å². The third-order valence-electron chi connectivity index (χ3n) is 4.68. The largest absolute Gasteiger partial charge is 0.363 e. The first-order valence-corrected chi connectivity index (χ1v) is 10.1. The lowest BCUT2D eigenvalue weighted by molar-refractivity contribution is -0.142. The highest BCUT2D eigenvalue weighted by atomic mass is 32.2. The quantitative estimate of drug-likeness (QED) is 0.824. The molecule has 3 rings (SSSR count). The Morgan fingerprint density at radius 2 is 2.08 bits per heavy atom. The molecule has 24 heavy (non-hydrogen) atoms. The zero-order valence-corrected chi connectivity index (χ0v) is 14.5. The molecule has 0 aliphatic carbocycles. The lowest BCUT2D eigenvalue weighted by Gasteiger charge is -2.34. The topological polar surface area (TPSA) is 88.6 Å². The van der Waals surface area contributed by atoms with Gasteiger partial charge in [-0.1, -0.05) is 0 Å². The molecule has 2 aliphatic heterocycles. The summed E-state index contributed by atoms with van der Waals surface area (Å²) in [5.74, 6) is -0.111. The van der Waals surface area contributed by atoms with Crippen molar-refractivity contribution in [3.8, 4) is 0 Å². The van der Waals surface area contributed by atoms with Crippen molar-refractivity contribution in [2.75, 3.05) is 19.3 Å². The number of hydrogen-bond acceptors (Lipinski definition) is 5. The van der Waals surface area contributed by atoms with Crippen molar-refractivity contribution in [3.05, 3.63) is 30.1 Å². The second kappa shape index (κ2) is 7.16. The Balaban J connectivity index is 1.48. The molecule has 0 radical (unpaired) electrons. The summed E-state index contributed by atoms with van der Waals surface area (Å²) in [7, 11) is -3.21. The maximum Gasteiger partial charge on any atom is 0.249 e. The van der Waals surface area contributed by atoms with Gasteiger partial charge in [-0.3, -0.25) is 9.78 Å². The van der Waals surface area contributed by atoms with Crippen molar-refractivity contribution >= 4 is 15.9 Å². The predicted octanol–water partition coefficient (Wildman–Crippen LogP) is 0.322. The first kappa shape index (κ1) is 17.3. The van der Waals surface area contributed by atoms with Crippen LogP contribution in [0.3, 0.4) is 0 Å². The van der Waals surface area contributed by atoms with Gasteiger partial charge in [-0.15, -0.1) is 0 Å². The van der Waals surface area contributed by atoms with Crippen LogP contribution in [-0.4, -0.2) is 61.2 Å². The van der Waals surface area contributed by atoms with Crippen LogP contribution in [0.15, 0.2) is 24.5 Å². The van der Waals surface area contributed by atoms with Crippen molar-refractivity contribution in [1.29, 1.82) is 0 Å². The van der Waals surface area contributed by atoms with E-state index in [0.717, 1.165) is 12.0 Å². The maximum atomic E-state index is 12.3. The Hall–Kier alpha value is -1.51. The van der Waals surface area contributed by atoms with Gasteiger partial charge in [0, 0.05) is 25.5 Å². The molecule has 1 amide bonds. The standard InChI is InChI=1S/C16H23N3O4S/c1-24(21,22)19-11-7-14-13(19)2-3-15(23-14)16(20)18-10-6-12-4-8-17-9-5-12/h4-5,8-9,13-15H,2-3,6-7,10-11H2,1H3,(H,18,20)/t13-,14-,15+/m1/s1. The number of fused-ring (bicyclic) bond motifs is 1. The average Bonchev–Trinajstić information content (AvgIpc) is 2.99. The molecule has 0 bridgehead atoms. The molecule has 2 fully saturated rings. The summed E-state index contributed by atoms with van der Waals surface area (Å²) in [6.07, 6.45) is 6.65. The number of rotatable bonds is 5. The fourth-order valence-corrected chi connectivity index (χ4v) is 4.66. The highest BCUT2D eigenvalue weighted by molar-refractivity contribution is 7.88. The summed E-state index contributed by atoms with van der Waals surface area (Å²) >= 11 is 0. The van der Waals surface area contributed by atoms with E-state index in [-0.39, 0.29) is 18.1 Å². The summed E-state index contributed by atoms with van der Waals surface area (Å²) in [5, 5.41) is 2.91. The Morgan fingerprint density at radius 3 is 2.79 bits per heavy atom. The molecule has 132 valence electrons. The van der Waals surface area contributed by atoms with Gasteiger partial charge in [0.15, 0.2) is 0 Å². The molecule has 2 aliphatic rings. The van der Waals surface area contributed by atoms with E-state index >= 15 is 0 Å². The fourth-order valence-electron chi connectivity index (χ4n) is 3.49. The van der Waals surface area contributed by atoms with Gasteiger partial charge in [-0.05, 0) is 43.4 Å². The number of sulfonamides is 1. The molecule has 0 spiro atoms. The zero-order chi connectivity index (χ0) is 17.2. The maximum absolute atomic E-state index is 12.3. The van der Waals surface area contributed by atoms with Crippen LogP contribution in [0.2, 0.25) is 0 Å². The Kier molecular flexibility index (Phi) is 5.17. The molecule has 3 atom stereocenters. The van der Waals surface area contributed by atoms with Crippen molar-refractivity contribution in [2.24, 2.45) is 0 Å². The van der Waals surface area contributed by atoms with Crippen LogP contribution in [0.4, 0.5) is 0 Å². The highest BCUT2D eigenvalue weighted by Gasteiger charge is 2.44. The third kappa shape index (κ3) is 3.93. The number of carbonyl (C=O) groups is 1. The van der Waals surface area contributed by atoms with E-state index in [9.17, 15) is 13.2 Å². The van der Waals surface area contributed by atoms with Gasteiger partial charge in [-0.25, -0.2) is 8.42 Å². The monoisotopic (exact) mass is 353 g/mol. The van der Waals surface area contributed by atoms with E-state index in [1.54, 1.807) is 12.4 Å². The minimum Gasteiger partial charge on any atom is -0.363 e. The second-order valence-corrected chi connectivity index (χ2v) is 8.30. The molecule has 2 saturated heterocycles. The molecule has 1 aromatic rings. The van der Waals surface area contributed by atoms with Gasteiger partial charge >= 0.3 is 0 Å². The fraction of sp³-hybridized carbons (Fsp3) is 0.625. The molecule has 0 unspecified atom stereocenters. The molecular weight excluding hydrogens is 330 g/mol. The predicted molar refractivity (Wildman–Crippen MR) is 88.8 cm³/mol. The summed E-state index contributed by atoms with van der Waals surface area (Å²) < 4.78 is 30.9. The molecule has 7 nitrogen and oxygen atoms in total. The van der Waals surface area contributed by atoms with Crippen molar-refractivity contribution < 1.29 is 17.9 Å². The molecule has 0 saturated carbocycles. The molecule has 1 aromatic heterocycles. The van der Waals surface area contributed by atoms with Crippen LogP contribution in [0.1, 0.15) is 24.8 Å². The van der Waals surface area contributed by atoms with Crippen LogP contribution in [0.25, 0.3) is 0 Å². The zero-order valence-electron chi connectivity index (χ0n) is 13.7. The van der Waals surface area contributed by atoms with E-state index in [1.807, 2.05) is 12.1 Å². The number of pyridine rings is 1. The lowest BCUT2D eigenvalue weighted by atomic mass is 9.99. The molecule has 3 heterocycles. The highest BCUT2D eigenvalue weighted by Crippen LogP contribution is 2.32. The SMILES string of the molecule is CS(=O)(=O)N1CC[C@H]2O[C@H](C(=O)NCCc3ccncc3)CC[C@H]21. The number of nitrogens with zero attached hydrogens (tertiary/aromatic N) is 2. The van der Waals surface area contributed by atoms with Gasteiger partial charge in [0.1, 0.15) is 6.10 Å². The molecule has 1 N–H and O–H groups in total. The minimum absolute atomic E-state index is 0.111. The Morgan fingerprint density at radius 1 is 1.33 bits per heavy atom. The molecule has 0 aromatic carbocycles. The van der Waals surface area contributed by atoms with Crippen molar-refractivity contribution in [3.63, 3.8) is 0 Å². The number of ether oxygens (including phenoxy) is 1. The lowest BCUT2D eigenvalue weighted by Crippen LogP contribution is -2.49. The Labute approximate surface area is 142 Å². The van der Waals surface area contributed by atoms with Gasteiger partial charge in [0.25, 0.3) is 0 Å². The van der Waals surface area contributed by atoms with E-state index < -0.39 is 16.1 Å². The summed E-state index contributed by atoms with van der Waals surface area (Å²) in [6, 6.07) is 3.72. The van der Waals surface area contributed by atoms with Crippen LogP contribution < -0.4 is 5.32 Å². The average molecular weight is 353 g/mol. The molecule has 8 heteroatoms. The first-order chi connectivity index (χ1) is 11.4. The van der Waals surface area contributed by atoms with Crippen molar-refractivity contribution in [1.82, 2.24) is 14.6 Å². The van der Waals surface area contributed by atoms with E-state index in [4.69, 9.17) is 4.74 Å². The first-order valence-electron chi connectivity index (χ1n) is 8.24. The Bertz CT molecular complexity index is 680. The minimum atomic E-state index is -3.21. The van der Waals surface area contributed by atoms with Crippen LogP contribution in [0, 0.1) is 0 Å². The second-order valence-electron chi connectivity index (χ2n) is 6.37. The molecular formula is C16H23N3O4S. The summed E-state index contributed by atoms with van der Waals surface area (Å²) in [5.41, 5.74) is 1.12. The smallest absolute Gasteiger partial charge is 0.249 e.